The van der Waals surface area contributed by atoms with E-state index in [2.05, 4.69) is 4.98 Å². The summed E-state index contributed by atoms with van der Waals surface area (Å²) in [6.45, 7) is 2.02. The van der Waals surface area contributed by atoms with Gasteiger partial charge in [0.2, 0.25) is 0 Å². The number of benzene rings is 1. The van der Waals surface area contributed by atoms with Gasteiger partial charge in [0.1, 0.15) is 5.75 Å². The van der Waals surface area contributed by atoms with E-state index in [0.29, 0.717) is 6.42 Å². The van der Waals surface area contributed by atoms with Crippen molar-refractivity contribution in [2.45, 2.75) is 26.2 Å². The number of fused-ring (bicyclic) bond motifs is 1. The number of hydrogen-bond donors (Lipinski definition) is 2. The molecule has 4 nitrogen and oxygen atoms in total. The van der Waals surface area contributed by atoms with E-state index in [1.165, 1.54) is 5.56 Å². The Hall–Kier alpha value is -1.97. The summed E-state index contributed by atoms with van der Waals surface area (Å²) in [6, 6.07) is 5.91. The second-order valence-corrected chi connectivity index (χ2v) is 4.39. The van der Waals surface area contributed by atoms with Crippen molar-refractivity contribution in [3.05, 3.63) is 29.5 Å². The Kier molecular flexibility index (Phi) is 3.55. The van der Waals surface area contributed by atoms with Crippen molar-refractivity contribution in [2.75, 3.05) is 7.11 Å². The van der Waals surface area contributed by atoms with E-state index in [1.807, 2.05) is 25.1 Å². The molecule has 0 aliphatic rings. The van der Waals surface area contributed by atoms with Crippen LogP contribution in [-0.4, -0.2) is 23.2 Å². The van der Waals surface area contributed by atoms with Crippen LogP contribution in [0.15, 0.2) is 18.2 Å². The van der Waals surface area contributed by atoms with Gasteiger partial charge in [-0.2, -0.15) is 0 Å². The maximum atomic E-state index is 10.5. The molecule has 4 heteroatoms. The highest BCUT2D eigenvalue weighted by atomic mass is 16.5. The first kappa shape index (κ1) is 12.5. The lowest BCUT2D eigenvalue weighted by atomic mass is 10.0. The fourth-order valence-corrected chi connectivity index (χ4v) is 2.23. The Balaban J connectivity index is 2.27. The molecule has 1 aromatic carbocycles. The average molecular weight is 247 g/mol. The largest absolute Gasteiger partial charge is 0.497 e. The first-order chi connectivity index (χ1) is 8.61. The topological polar surface area (TPSA) is 62.3 Å². The summed E-state index contributed by atoms with van der Waals surface area (Å²) in [7, 11) is 1.64. The van der Waals surface area contributed by atoms with E-state index >= 15 is 0 Å². The first-order valence-corrected chi connectivity index (χ1v) is 5.99. The molecule has 18 heavy (non-hydrogen) atoms. The van der Waals surface area contributed by atoms with E-state index < -0.39 is 5.97 Å². The number of carbonyl (C=O) groups is 1. The third-order valence-electron chi connectivity index (χ3n) is 3.14. The fraction of sp³-hybridized carbons (Fsp3) is 0.357. The number of aryl methyl sites for hydroxylation is 2. The summed E-state index contributed by atoms with van der Waals surface area (Å²) in [5, 5.41) is 9.82. The lowest BCUT2D eigenvalue weighted by Crippen LogP contribution is -1.96. The Morgan fingerprint density at radius 3 is 2.89 bits per heavy atom. The smallest absolute Gasteiger partial charge is 0.303 e. The summed E-state index contributed by atoms with van der Waals surface area (Å²) in [4.78, 5) is 13.8. The SMILES string of the molecule is COc1ccc2c(CCCC(=O)O)c(C)[nH]c2c1. The van der Waals surface area contributed by atoms with Crippen LogP contribution < -0.4 is 4.74 Å². The van der Waals surface area contributed by atoms with Crippen molar-refractivity contribution in [1.82, 2.24) is 4.98 Å². The van der Waals surface area contributed by atoms with Crippen molar-refractivity contribution < 1.29 is 14.6 Å². The third-order valence-corrected chi connectivity index (χ3v) is 3.14. The molecule has 0 bridgehead atoms. The van der Waals surface area contributed by atoms with E-state index in [9.17, 15) is 4.79 Å². The molecule has 2 aromatic rings. The lowest BCUT2D eigenvalue weighted by molar-refractivity contribution is -0.137. The van der Waals surface area contributed by atoms with E-state index in [0.717, 1.165) is 28.8 Å². The minimum atomic E-state index is -0.742. The maximum absolute atomic E-state index is 10.5. The second kappa shape index (κ2) is 5.12. The van der Waals surface area contributed by atoms with Crippen molar-refractivity contribution in [1.29, 1.82) is 0 Å². The van der Waals surface area contributed by atoms with Crippen LogP contribution >= 0.6 is 0 Å². The van der Waals surface area contributed by atoms with Crippen LogP contribution in [-0.2, 0) is 11.2 Å². The summed E-state index contributed by atoms with van der Waals surface area (Å²) in [5.74, 6) is 0.0787. The van der Waals surface area contributed by atoms with Crippen molar-refractivity contribution in [3.63, 3.8) is 0 Å². The number of aromatic nitrogens is 1. The minimum Gasteiger partial charge on any atom is -0.497 e. The number of carboxylic acids is 1. The molecule has 1 aromatic heterocycles. The Bertz CT molecular complexity index is 572. The molecule has 0 radical (unpaired) electrons. The number of hydrogen-bond acceptors (Lipinski definition) is 2. The Labute approximate surface area is 106 Å². The number of aliphatic carboxylic acids is 1. The number of methoxy groups -OCH3 is 1. The van der Waals surface area contributed by atoms with Gasteiger partial charge >= 0.3 is 5.97 Å². The predicted octanol–water partition coefficient (Wildman–Crippen LogP) is 2.89. The summed E-state index contributed by atoms with van der Waals surface area (Å²) in [5.41, 5.74) is 3.34. The third kappa shape index (κ3) is 2.47. The zero-order valence-corrected chi connectivity index (χ0v) is 10.6. The van der Waals surface area contributed by atoms with Crippen molar-refractivity contribution >= 4 is 16.9 Å². The molecule has 0 spiro atoms. The van der Waals surface area contributed by atoms with Crippen LogP contribution in [0.5, 0.6) is 5.75 Å². The molecule has 0 atom stereocenters. The molecule has 0 fully saturated rings. The number of nitrogens with one attached hydrogen (secondary N) is 1. The van der Waals surface area contributed by atoms with E-state index in [1.54, 1.807) is 7.11 Å². The lowest BCUT2D eigenvalue weighted by Gasteiger charge is -2.01. The van der Waals surface area contributed by atoms with Gasteiger partial charge in [0.15, 0.2) is 0 Å². The summed E-state index contributed by atoms with van der Waals surface area (Å²) < 4.78 is 5.19. The van der Waals surface area contributed by atoms with Gasteiger partial charge in [-0.25, -0.2) is 0 Å². The first-order valence-electron chi connectivity index (χ1n) is 5.99. The molecule has 1 heterocycles. The molecule has 96 valence electrons. The molecule has 0 amide bonds. The highest BCUT2D eigenvalue weighted by molar-refractivity contribution is 5.85. The van der Waals surface area contributed by atoms with Crippen LogP contribution in [0.4, 0.5) is 0 Å². The van der Waals surface area contributed by atoms with Gasteiger partial charge in [0, 0.05) is 29.1 Å². The monoisotopic (exact) mass is 247 g/mol. The molecule has 0 aliphatic heterocycles. The van der Waals surface area contributed by atoms with Gasteiger partial charge in [-0.15, -0.1) is 0 Å². The molecular formula is C14H17NO3. The number of carboxylic acid groups (broad SMARTS) is 1. The molecule has 2 N–H and O–H groups in total. The second-order valence-electron chi connectivity index (χ2n) is 4.39. The molecule has 0 aliphatic carbocycles. The van der Waals surface area contributed by atoms with Crippen LogP contribution in [0.1, 0.15) is 24.1 Å². The minimum absolute atomic E-state index is 0.211. The standard InChI is InChI=1S/C14H17NO3/c1-9-11(4-3-5-14(16)17)12-7-6-10(18-2)8-13(12)15-9/h6-8,15H,3-5H2,1-2H3,(H,16,17). The van der Waals surface area contributed by atoms with Crippen molar-refractivity contribution in [3.8, 4) is 5.75 Å². The Morgan fingerprint density at radius 1 is 1.44 bits per heavy atom. The van der Waals surface area contributed by atoms with Gasteiger partial charge in [0.25, 0.3) is 0 Å². The van der Waals surface area contributed by atoms with Gasteiger partial charge in [-0.1, -0.05) is 0 Å². The average Bonchev–Trinajstić information content (AvgIpc) is 2.64. The normalized spacial score (nSPS) is 10.8. The number of H-pyrrole nitrogens is 1. The summed E-state index contributed by atoms with van der Waals surface area (Å²) in [6.07, 6.45) is 1.65. The van der Waals surface area contributed by atoms with Crippen LogP contribution in [0.2, 0.25) is 0 Å². The molecular weight excluding hydrogens is 230 g/mol. The highest BCUT2D eigenvalue weighted by Crippen LogP contribution is 2.27. The van der Waals surface area contributed by atoms with Gasteiger partial charge < -0.3 is 14.8 Å². The molecule has 0 unspecified atom stereocenters. The van der Waals surface area contributed by atoms with E-state index in [-0.39, 0.29) is 6.42 Å². The fourth-order valence-electron chi connectivity index (χ4n) is 2.23. The molecule has 0 saturated heterocycles. The zero-order valence-electron chi connectivity index (χ0n) is 10.6. The Morgan fingerprint density at radius 2 is 2.22 bits per heavy atom. The molecule has 0 saturated carbocycles. The number of aromatic amines is 1. The van der Waals surface area contributed by atoms with Crippen LogP contribution in [0.25, 0.3) is 10.9 Å². The zero-order chi connectivity index (χ0) is 13.1. The van der Waals surface area contributed by atoms with E-state index in [4.69, 9.17) is 9.84 Å². The number of ether oxygens (including phenoxy) is 1. The summed E-state index contributed by atoms with van der Waals surface area (Å²) >= 11 is 0. The van der Waals surface area contributed by atoms with Gasteiger partial charge in [-0.3, -0.25) is 4.79 Å². The van der Waals surface area contributed by atoms with Crippen LogP contribution in [0, 0.1) is 6.92 Å². The molecule has 2 rings (SSSR count). The predicted molar refractivity (Wildman–Crippen MR) is 70.2 cm³/mol. The van der Waals surface area contributed by atoms with Crippen LogP contribution in [0.3, 0.4) is 0 Å². The highest BCUT2D eigenvalue weighted by Gasteiger charge is 2.09. The number of rotatable bonds is 5. The van der Waals surface area contributed by atoms with Gasteiger partial charge in [-0.05, 0) is 37.5 Å². The van der Waals surface area contributed by atoms with Crippen molar-refractivity contribution in [2.24, 2.45) is 0 Å². The quantitative estimate of drug-likeness (QED) is 0.854. The maximum Gasteiger partial charge on any atom is 0.303 e. The van der Waals surface area contributed by atoms with Gasteiger partial charge in [0.05, 0.1) is 7.11 Å².